The van der Waals surface area contributed by atoms with Crippen molar-refractivity contribution in [1.29, 1.82) is 0 Å². The first-order valence-electron chi connectivity index (χ1n) is 6.63. The van der Waals surface area contributed by atoms with Gasteiger partial charge in [0, 0.05) is 31.7 Å². The molecule has 1 aromatic rings. The monoisotopic (exact) mass is 283 g/mol. The molecule has 0 saturated heterocycles. The van der Waals surface area contributed by atoms with E-state index in [2.05, 4.69) is 4.98 Å². The molecule has 1 saturated carbocycles. The third-order valence-electron chi connectivity index (χ3n) is 3.69. The smallest absolute Gasteiger partial charge is 0.257 e. The zero-order valence-corrected chi connectivity index (χ0v) is 12.2. The van der Waals surface area contributed by atoms with Crippen LogP contribution in [0.1, 0.15) is 42.5 Å². The van der Waals surface area contributed by atoms with Gasteiger partial charge < -0.3 is 10.6 Å². The number of carbonyl (C=O) groups excluding carboxylic acids is 1. The van der Waals surface area contributed by atoms with E-state index in [1.165, 1.54) is 32.1 Å². The first kappa shape index (κ1) is 15.8. The van der Waals surface area contributed by atoms with Gasteiger partial charge >= 0.3 is 0 Å². The number of halogens is 1. The van der Waals surface area contributed by atoms with Crippen LogP contribution in [0.3, 0.4) is 0 Å². The van der Waals surface area contributed by atoms with Gasteiger partial charge in [-0.25, -0.2) is 0 Å². The average Bonchev–Trinajstić information content (AvgIpc) is 2.39. The van der Waals surface area contributed by atoms with Gasteiger partial charge in [0.25, 0.3) is 5.91 Å². The van der Waals surface area contributed by atoms with Crippen LogP contribution in [-0.2, 0) is 0 Å². The number of nitrogens with two attached hydrogens (primary N) is 1. The largest absolute Gasteiger partial charge is 0.398 e. The predicted octanol–water partition coefficient (Wildman–Crippen LogP) is 2.74. The summed E-state index contributed by atoms with van der Waals surface area (Å²) in [5, 5.41) is 0. The molecule has 0 bridgehead atoms. The summed E-state index contributed by atoms with van der Waals surface area (Å²) >= 11 is 0. The van der Waals surface area contributed by atoms with Crippen molar-refractivity contribution in [2.45, 2.75) is 32.1 Å². The van der Waals surface area contributed by atoms with Gasteiger partial charge in [-0.15, -0.1) is 12.4 Å². The molecule has 1 fully saturated rings. The summed E-state index contributed by atoms with van der Waals surface area (Å²) in [6.07, 6.45) is 9.55. The summed E-state index contributed by atoms with van der Waals surface area (Å²) in [6.45, 7) is 0.827. The van der Waals surface area contributed by atoms with Crippen LogP contribution in [0.5, 0.6) is 0 Å². The Morgan fingerprint density at radius 3 is 2.74 bits per heavy atom. The van der Waals surface area contributed by atoms with E-state index in [1.54, 1.807) is 23.4 Å². The van der Waals surface area contributed by atoms with Crippen LogP contribution in [0, 0.1) is 5.92 Å². The second-order valence-corrected chi connectivity index (χ2v) is 5.15. The molecule has 0 aromatic carbocycles. The Hall–Kier alpha value is -1.29. The molecule has 2 rings (SSSR count). The van der Waals surface area contributed by atoms with E-state index in [4.69, 9.17) is 5.73 Å². The van der Waals surface area contributed by atoms with Crippen molar-refractivity contribution in [3.63, 3.8) is 0 Å². The van der Waals surface area contributed by atoms with Gasteiger partial charge in [0.05, 0.1) is 5.56 Å². The third-order valence-corrected chi connectivity index (χ3v) is 3.69. The standard InChI is InChI=1S/C14H21N3O.ClH/c1-17(10-11-5-3-2-4-6-11)14(18)12-9-16-8-7-13(12)15;/h7-9,11H,2-6,10H2,1H3,(H2,15,16);1H. The Labute approximate surface area is 120 Å². The van der Waals surface area contributed by atoms with Gasteiger partial charge in [-0.1, -0.05) is 19.3 Å². The molecule has 0 unspecified atom stereocenters. The number of nitrogen functional groups attached to an aromatic ring is 1. The maximum absolute atomic E-state index is 12.2. The number of anilines is 1. The van der Waals surface area contributed by atoms with Crippen LogP contribution < -0.4 is 5.73 Å². The highest BCUT2D eigenvalue weighted by Crippen LogP contribution is 2.24. The highest BCUT2D eigenvalue weighted by molar-refractivity contribution is 5.98. The lowest BCUT2D eigenvalue weighted by Crippen LogP contribution is -2.33. The number of carbonyl (C=O) groups is 1. The van der Waals surface area contributed by atoms with Crippen molar-refractivity contribution in [2.24, 2.45) is 5.92 Å². The Morgan fingerprint density at radius 2 is 2.11 bits per heavy atom. The van der Waals surface area contributed by atoms with Gasteiger partial charge in [-0.2, -0.15) is 0 Å². The van der Waals surface area contributed by atoms with Gasteiger partial charge in [-0.05, 0) is 24.8 Å². The van der Waals surface area contributed by atoms with Gasteiger partial charge in [0.15, 0.2) is 0 Å². The molecule has 0 radical (unpaired) electrons. The normalized spacial score (nSPS) is 15.6. The summed E-state index contributed by atoms with van der Waals surface area (Å²) in [4.78, 5) is 18.0. The summed E-state index contributed by atoms with van der Waals surface area (Å²) in [6, 6.07) is 1.67. The Kier molecular flexibility index (Phi) is 6.09. The first-order chi connectivity index (χ1) is 8.68. The van der Waals surface area contributed by atoms with Crippen LogP contribution in [0.2, 0.25) is 0 Å². The van der Waals surface area contributed by atoms with E-state index < -0.39 is 0 Å². The highest BCUT2D eigenvalue weighted by Gasteiger charge is 2.20. The molecule has 1 heterocycles. The fraction of sp³-hybridized carbons (Fsp3) is 0.571. The van der Waals surface area contributed by atoms with Crippen molar-refractivity contribution < 1.29 is 4.79 Å². The molecule has 2 N–H and O–H groups in total. The van der Waals surface area contributed by atoms with E-state index in [-0.39, 0.29) is 18.3 Å². The molecule has 19 heavy (non-hydrogen) atoms. The second kappa shape index (κ2) is 7.34. The zero-order chi connectivity index (χ0) is 13.0. The topological polar surface area (TPSA) is 59.2 Å². The van der Waals surface area contributed by atoms with Crippen LogP contribution >= 0.6 is 12.4 Å². The van der Waals surface area contributed by atoms with Crippen LogP contribution in [0.25, 0.3) is 0 Å². The molecule has 0 atom stereocenters. The maximum atomic E-state index is 12.2. The lowest BCUT2D eigenvalue weighted by atomic mass is 9.89. The van der Waals surface area contributed by atoms with E-state index in [0.717, 1.165) is 6.54 Å². The first-order valence-corrected chi connectivity index (χ1v) is 6.63. The van der Waals surface area contributed by atoms with E-state index in [1.807, 2.05) is 7.05 Å². The molecule has 5 heteroatoms. The molecule has 1 aromatic heterocycles. The van der Waals surface area contributed by atoms with E-state index in [0.29, 0.717) is 17.2 Å². The number of aromatic nitrogens is 1. The quantitative estimate of drug-likeness (QED) is 0.928. The lowest BCUT2D eigenvalue weighted by Gasteiger charge is -2.27. The average molecular weight is 284 g/mol. The van der Waals surface area contributed by atoms with Crippen molar-refractivity contribution >= 4 is 24.0 Å². The van der Waals surface area contributed by atoms with Crippen molar-refractivity contribution in [1.82, 2.24) is 9.88 Å². The molecule has 1 aliphatic carbocycles. The zero-order valence-electron chi connectivity index (χ0n) is 11.3. The van der Waals surface area contributed by atoms with Crippen molar-refractivity contribution in [3.8, 4) is 0 Å². The molecule has 0 spiro atoms. The van der Waals surface area contributed by atoms with Gasteiger partial charge in [0.1, 0.15) is 0 Å². The molecule has 4 nitrogen and oxygen atoms in total. The van der Waals surface area contributed by atoms with Crippen LogP contribution in [0.4, 0.5) is 5.69 Å². The molecule has 0 aliphatic heterocycles. The van der Waals surface area contributed by atoms with Crippen molar-refractivity contribution in [2.75, 3.05) is 19.3 Å². The fourth-order valence-electron chi connectivity index (χ4n) is 2.63. The highest BCUT2D eigenvalue weighted by atomic mass is 35.5. The minimum Gasteiger partial charge on any atom is -0.398 e. The van der Waals surface area contributed by atoms with Gasteiger partial charge in [0.2, 0.25) is 0 Å². The number of amides is 1. The Bertz CT molecular complexity index is 419. The number of nitrogens with zero attached hydrogens (tertiary/aromatic N) is 2. The van der Waals surface area contributed by atoms with E-state index in [9.17, 15) is 4.79 Å². The summed E-state index contributed by atoms with van der Waals surface area (Å²) in [7, 11) is 1.85. The SMILES string of the molecule is CN(CC1CCCCC1)C(=O)c1cnccc1N.Cl. The Balaban J connectivity index is 0.00000180. The summed E-state index contributed by atoms with van der Waals surface area (Å²) in [5.41, 5.74) is 6.82. The number of rotatable bonds is 3. The summed E-state index contributed by atoms with van der Waals surface area (Å²) < 4.78 is 0. The lowest BCUT2D eigenvalue weighted by molar-refractivity contribution is 0.0761. The number of hydrogen-bond donors (Lipinski definition) is 1. The minimum atomic E-state index is -0.0221. The van der Waals surface area contributed by atoms with Crippen molar-refractivity contribution in [3.05, 3.63) is 24.0 Å². The second-order valence-electron chi connectivity index (χ2n) is 5.15. The van der Waals surface area contributed by atoms with E-state index >= 15 is 0 Å². The van der Waals surface area contributed by atoms with Crippen LogP contribution in [0.15, 0.2) is 18.5 Å². The van der Waals surface area contributed by atoms with Gasteiger partial charge in [-0.3, -0.25) is 9.78 Å². The molecule has 1 aliphatic rings. The maximum Gasteiger partial charge on any atom is 0.257 e. The number of pyridine rings is 1. The number of hydrogen-bond acceptors (Lipinski definition) is 3. The summed E-state index contributed by atoms with van der Waals surface area (Å²) in [5.74, 6) is 0.622. The molecular formula is C14H22ClN3O. The molecular weight excluding hydrogens is 262 g/mol. The predicted molar refractivity (Wildman–Crippen MR) is 79.4 cm³/mol. The Morgan fingerprint density at radius 1 is 1.42 bits per heavy atom. The minimum absolute atomic E-state index is 0. The van der Waals surface area contributed by atoms with Crippen LogP contribution in [-0.4, -0.2) is 29.4 Å². The molecule has 106 valence electrons. The fourth-order valence-corrected chi connectivity index (χ4v) is 2.63. The third kappa shape index (κ3) is 4.10. The molecule has 1 amide bonds.